The maximum Gasteiger partial charge on any atom is 0.260 e. The number of nitrogens with zero attached hydrogens (tertiary/aromatic N) is 4. The molecule has 1 aliphatic carbocycles. The van der Waals surface area contributed by atoms with Gasteiger partial charge >= 0.3 is 0 Å². The summed E-state index contributed by atoms with van der Waals surface area (Å²) in [7, 11) is 1.69. The molecule has 7 nitrogen and oxygen atoms in total. The van der Waals surface area contributed by atoms with Gasteiger partial charge in [0.2, 0.25) is 11.7 Å². The largest absolute Gasteiger partial charge is 0.316 e. The summed E-state index contributed by atoms with van der Waals surface area (Å²) in [5.41, 5.74) is 1.25. The zero-order chi connectivity index (χ0) is 16.8. The molecule has 2 heterocycles. The number of anilines is 1. The maximum atomic E-state index is 12.4. The molecule has 0 unspecified atom stereocenters. The van der Waals surface area contributed by atoms with E-state index in [2.05, 4.69) is 15.2 Å². The fourth-order valence-electron chi connectivity index (χ4n) is 3.52. The molecular weight excluding hydrogens is 306 g/mol. The van der Waals surface area contributed by atoms with Gasteiger partial charge in [-0.15, -0.1) is 10.2 Å². The number of rotatable bonds is 2. The first-order chi connectivity index (χ1) is 11.6. The van der Waals surface area contributed by atoms with E-state index in [-0.39, 0.29) is 11.5 Å². The standard InChI is InChI=1S/C17H19N5O2/c1-10(23)21(2)12-7-8-14-13(9-12)16(24)18-17-20-19-15(22(14)17)11-5-3-4-6-11/h7-9,11H,3-6H2,1-2H3,(H,18,20,24). The van der Waals surface area contributed by atoms with Crippen LogP contribution in [0.2, 0.25) is 0 Å². The van der Waals surface area contributed by atoms with E-state index in [1.54, 1.807) is 13.1 Å². The lowest BCUT2D eigenvalue weighted by molar-refractivity contribution is -0.116. The Morgan fingerprint density at radius 1 is 1.29 bits per heavy atom. The number of hydrogen-bond donors (Lipinski definition) is 1. The van der Waals surface area contributed by atoms with Gasteiger partial charge in [-0.25, -0.2) is 0 Å². The minimum absolute atomic E-state index is 0.0807. The fraction of sp³-hybridized carbons (Fsp3) is 0.412. The van der Waals surface area contributed by atoms with Crippen molar-refractivity contribution in [2.24, 2.45) is 0 Å². The zero-order valence-corrected chi connectivity index (χ0v) is 13.7. The molecule has 0 radical (unpaired) electrons. The van der Waals surface area contributed by atoms with Crippen LogP contribution in [0, 0.1) is 0 Å². The number of aromatic nitrogens is 4. The minimum Gasteiger partial charge on any atom is -0.316 e. The summed E-state index contributed by atoms with van der Waals surface area (Å²) in [5, 5.41) is 9.02. The third-order valence-corrected chi connectivity index (χ3v) is 4.96. The van der Waals surface area contributed by atoms with Crippen LogP contribution in [-0.4, -0.2) is 32.5 Å². The van der Waals surface area contributed by atoms with Crippen molar-refractivity contribution in [2.75, 3.05) is 11.9 Å². The Bertz CT molecular complexity index is 997. The van der Waals surface area contributed by atoms with Crippen LogP contribution in [-0.2, 0) is 4.79 Å². The molecule has 2 aromatic heterocycles. The number of H-pyrrole nitrogens is 1. The average Bonchev–Trinajstić information content (AvgIpc) is 3.22. The molecule has 1 saturated carbocycles. The van der Waals surface area contributed by atoms with Crippen LogP contribution in [0.3, 0.4) is 0 Å². The Kier molecular flexibility index (Phi) is 3.37. The topological polar surface area (TPSA) is 83.4 Å². The van der Waals surface area contributed by atoms with Crippen LogP contribution in [0.4, 0.5) is 5.69 Å². The quantitative estimate of drug-likeness (QED) is 0.783. The summed E-state index contributed by atoms with van der Waals surface area (Å²) in [4.78, 5) is 28.3. The van der Waals surface area contributed by atoms with Crippen LogP contribution in [0.15, 0.2) is 23.0 Å². The number of aromatic amines is 1. The smallest absolute Gasteiger partial charge is 0.260 e. The van der Waals surface area contributed by atoms with Crippen molar-refractivity contribution in [3.63, 3.8) is 0 Å². The van der Waals surface area contributed by atoms with E-state index in [4.69, 9.17) is 0 Å². The second kappa shape index (κ2) is 5.43. The molecule has 7 heteroatoms. The number of benzene rings is 1. The molecule has 1 aliphatic rings. The van der Waals surface area contributed by atoms with Gasteiger partial charge in [-0.2, -0.15) is 0 Å². The summed E-state index contributed by atoms with van der Waals surface area (Å²) in [5.74, 6) is 1.69. The van der Waals surface area contributed by atoms with E-state index in [1.165, 1.54) is 24.7 Å². The van der Waals surface area contributed by atoms with Crippen molar-refractivity contribution >= 4 is 28.3 Å². The van der Waals surface area contributed by atoms with Crippen molar-refractivity contribution in [3.05, 3.63) is 34.4 Å². The molecule has 1 N–H and O–H groups in total. The van der Waals surface area contributed by atoms with Crippen LogP contribution >= 0.6 is 0 Å². The lowest BCUT2D eigenvalue weighted by Crippen LogP contribution is -2.23. The number of amides is 1. The Hall–Kier alpha value is -2.70. The Morgan fingerprint density at radius 3 is 2.75 bits per heavy atom. The number of carbonyl (C=O) groups excluding carboxylic acids is 1. The summed E-state index contributed by atoms with van der Waals surface area (Å²) >= 11 is 0. The van der Waals surface area contributed by atoms with E-state index in [1.807, 2.05) is 16.5 Å². The van der Waals surface area contributed by atoms with Gasteiger partial charge in [-0.1, -0.05) is 12.8 Å². The number of carbonyl (C=O) groups is 1. The summed E-state index contributed by atoms with van der Waals surface area (Å²) in [6.07, 6.45) is 4.61. The van der Waals surface area contributed by atoms with E-state index < -0.39 is 0 Å². The van der Waals surface area contributed by atoms with E-state index in [9.17, 15) is 9.59 Å². The highest BCUT2D eigenvalue weighted by atomic mass is 16.2. The maximum absolute atomic E-state index is 12.4. The van der Waals surface area contributed by atoms with Crippen LogP contribution < -0.4 is 10.5 Å². The second-order valence-corrected chi connectivity index (χ2v) is 6.43. The van der Waals surface area contributed by atoms with Gasteiger partial charge in [0, 0.05) is 25.6 Å². The molecule has 4 rings (SSSR count). The van der Waals surface area contributed by atoms with E-state index in [0.717, 1.165) is 24.2 Å². The van der Waals surface area contributed by atoms with Crippen molar-refractivity contribution in [2.45, 2.75) is 38.5 Å². The molecule has 0 aliphatic heterocycles. The molecule has 0 bridgehead atoms. The summed E-state index contributed by atoms with van der Waals surface area (Å²) in [6, 6.07) is 5.46. The van der Waals surface area contributed by atoms with Crippen molar-refractivity contribution < 1.29 is 4.79 Å². The van der Waals surface area contributed by atoms with Gasteiger partial charge in [0.25, 0.3) is 5.56 Å². The van der Waals surface area contributed by atoms with Crippen molar-refractivity contribution in [1.29, 1.82) is 0 Å². The molecule has 0 atom stereocenters. The molecule has 124 valence electrons. The summed E-state index contributed by atoms with van der Waals surface area (Å²) in [6.45, 7) is 1.50. The number of hydrogen-bond acceptors (Lipinski definition) is 4. The monoisotopic (exact) mass is 325 g/mol. The molecule has 1 aromatic carbocycles. The zero-order valence-electron chi connectivity index (χ0n) is 13.7. The van der Waals surface area contributed by atoms with Gasteiger partial charge in [0.1, 0.15) is 5.82 Å². The van der Waals surface area contributed by atoms with E-state index >= 15 is 0 Å². The van der Waals surface area contributed by atoms with Gasteiger partial charge in [-0.05, 0) is 31.0 Å². The molecule has 3 aromatic rings. The molecule has 0 saturated heterocycles. The highest BCUT2D eigenvalue weighted by Crippen LogP contribution is 2.34. The third kappa shape index (κ3) is 2.19. The number of nitrogens with one attached hydrogen (secondary N) is 1. The average molecular weight is 325 g/mol. The first-order valence-corrected chi connectivity index (χ1v) is 8.21. The third-order valence-electron chi connectivity index (χ3n) is 4.96. The van der Waals surface area contributed by atoms with Gasteiger partial charge in [0.15, 0.2) is 0 Å². The van der Waals surface area contributed by atoms with Crippen LogP contribution in [0.5, 0.6) is 0 Å². The van der Waals surface area contributed by atoms with E-state index in [0.29, 0.717) is 22.8 Å². The minimum atomic E-state index is -0.221. The predicted octanol–water partition coefficient (Wildman–Crippen LogP) is 2.21. The van der Waals surface area contributed by atoms with Crippen LogP contribution in [0.25, 0.3) is 16.7 Å². The SMILES string of the molecule is CC(=O)N(C)c1ccc2c(c1)c(=O)[nH]c1nnc(C3CCCC3)n12. The Balaban J connectivity index is 1.97. The van der Waals surface area contributed by atoms with Gasteiger partial charge < -0.3 is 4.90 Å². The van der Waals surface area contributed by atoms with Gasteiger partial charge in [-0.3, -0.25) is 19.0 Å². The Labute approximate surface area is 138 Å². The van der Waals surface area contributed by atoms with Crippen molar-refractivity contribution in [3.8, 4) is 0 Å². The first-order valence-electron chi connectivity index (χ1n) is 8.21. The molecule has 1 fully saturated rings. The summed E-state index contributed by atoms with van der Waals surface area (Å²) < 4.78 is 1.95. The predicted molar refractivity (Wildman–Crippen MR) is 91.4 cm³/mol. The molecule has 24 heavy (non-hydrogen) atoms. The lowest BCUT2D eigenvalue weighted by Gasteiger charge is -2.16. The first kappa shape index (κ1) is 14.9. The highest BCUT2D eigenvalue weighted by molar-refractivity contribution is 5.94. The highest BCUT2D eigenvalue weighted by Gasteiger charge is 2.24. The molecule has 1 amide bonds. The lowest BCUT2D eigenvalue weighted by atomic mass is 10.1. The van der Waals surface area contributed by atoms with Crippen molar-refractivity contribution in [1.82, 2.24) is 19.6 Å². The number of fused-ring (bicyclic) bond motifs is 3. The van der Waals surface area contributed by atoms with Gasteiger partial charge in [0.05, 0.1) is 10.9 Å². The Morgan fingerprint density at radius 2 is 2.04 bits per heavy atom. The van der Waals surface area contributed by atoms with Crippen LogP contribution in [0.1, 0.15) is 44.3 Å². The normalized spacial score (nSPS) is 15.4. The molecule has 0 spiro atoms. The second-order valence-electron chi connectivity index (χ2n) is 6.43. The molecular formula is C17H19N5O2. The fourth-order valence-corrected chi connectivity index (χ4v) is 3.52.